The number of ether oxygens (including phenoxy) is 1. The van der Waals surface area contributed by atoms with Crippen molar-refractivity contribution in [2.75, 3.05) is 6.54 Å². The van der Waals surface area contributed by atoms with E-state index in [4.69, 9.17) is 4.74 Å². The van der Waals surface area contributed by atoms with Gasteiger partial charge >= 0.3 is 0 Å². The zero-order chi connectivity index (χ0) is 16.0. The minimum absolute atomic E-state index is 0.0204. The molecule has 1 N–H and O–H groups in total. The maximum Gasteiger partial charge on any atom is 0.123 e. The van der Waals surface area contributed by atoms with Gasteiger partial charge in [-0.05, 0) is 50.4 Å². The molecular weight excluding hydrogens is 260 g/mol. The monoisotopic (exact) mass is 288 g/mol. The molecule has 3 nitrogen and oxygen atoms in total. The van der Waals surface area contributed by atoms with E-state index in [1.807, 2.05) is 20.8 Å². The molecule has 0 aromatic heterocycles. The lowest BCUT2D eigenvalue weighted by molar-refractivity contribution is 0.178. The van der Waals surface area contributed by atoms with Crippen LogP contribution >= 0.6 is 0 Å². The Morgan fingerprint density at radius 1 is 1.33 bits per heavy atom. The van der Waals surface area contributed by atoms with Crippen molar-refractivity contribution >= 4 is 0 Å². The number of hydrogen-bond acceptors (Lipinski definition) is 3. The number of aryl methyl sites for hydroxylation is 1. The van der Waals surface area contributed by atoms with Crippen molar-refractivity contribution in [2.45, 2.75) is 65.5 Å². The molecule has 0 aliphatic heterocycles. The molecule has 1 rings (SSSR count). The summed E-state index contributed by atoms with van der Waals surface area (Å²) >= 11 is 0. The second-order valence-corrected chi connectivity index (χ2v) is 6.30. The normalized spacial score (nSPS) is 15.3. The van der Waals surface area contributed by atoms with Crippen LogP contribution in [0.1, 0.15) is 58.1 Å². The first-order chi connectivity index (χ1) is 9.81. The summed E-state index contributed by atoms with van der Waals surface area (Å²) in [6, 6.07) is 8.69. The second kappa shape index (κ2) is 7.47. The van der Waals surface area contributed by atoms with Gasteiger partial charge in [0, 0.05) is 6.42 Å². The molecule has 116 valence electrons. The van der Waals surface area contributed by atoms with E-state index in [1.54, 1.807) is 0 Å². The zero-order valence-corrected chi connectivity index (χ0v) is 14.2. The minimum Gasteiger partial charge on any atom is -0.490 e. The smallest absolute Gasteiger partial charge is 0.123 e. The average molecular weight is 288 g/mol. The maximum atomic E-state index is 9.35. The van der Waals surface area contributed by atoms with Crippen LogP contribution in [0.5, 0.6) is 5.75 Å². The molecule has 1 aromatic carbocycles. The van der Waals surface area contributed by atoms with Gasteiger partial charge in [-0.15, -0.1) is 0 Å². The minimum atomic E-state index is -0.546. The molecule has 0 aliphatic rings. The first-order valence-corrected chi connectivity index (χ1v) is 7.74. The highest BCUT2D eigenvalue weighted by Gasteiger charge is 2.26. The average Bonchev–Trinajstić information content (AvgIpc) is 2.38. The van der Waals surface area contributed by atoms with E-state index in [0.29, 0.717) is 12.3 Å². The van der Waals surface area contributed by atoms with Crippen LogP contribution in [0, 0.1) is 18.3 Å². The molecule has 0 amide bonds. The Morgan fingerprint density at radius 2 is 2.00 bits per heavy atom. The quantitative estimate of drug-likeness (QED) is 0.819. The molecular formula is C18H28N2O. The van der Waals surface area contributed by atoms with Gasteiger partial charge in [-0.3, -0.25) is 5.32 Å². The summed E-state index contributed by atoms with van der Waals surface area (Å²) in [5.74, 6) is 1.36. The van der Waals surface area contributed by atoms with E-state index in [2.05, 4.69) is 50.4 Å². The maximum absolute atomic E-state index is 9.35. The van der Waals surface area contributed by atoms with E-state index < -0.39 is 5.54 Å². The Labute approximate surface area is 129 Å². The fourth-order valence-electron chi connectivity index (χ4n) is 2.60. The number of nitrogens with zero attached hydrogens (tertiary/aromatic N) is 1. The van der Waals surface area contributed by atoms with E-state index >= 15 is 0 Å². The van der Waals surface area contributed by atoms with Gasteiger partial charge in [0.25, 0.3) is 0 Å². The highest BCUT2D eigenvalue weighted by atomic mass is 16.5. The lowest BCUT2D eigenvalue weighted by Crippen LogP contribution is -2.44. The van der Waals surface area contributed by atoms with Crippen molar-refractivity contribution in [1.82, 2.24) is 5.32 Å². The lowest BCUT2D eigenvalue weighted by Gasteiger charge is -2.27. The first kappa shape index (κ1) is 17.5. The van der Waals surface area contributed by atoms with Gasteiger partial charge in [-0.2, -0.15) is 5.26 Å². The first-order valence-electron chi connectivity index (χ1n) is 7.74. The van der Waals surface area contributed by atoms with Gasteiger partial charge in [-0.1, -0.05) is 32.9 Å². The summed E-state index contributed by atoms with van der Waals surface area (Å²) in [4.78, 5) is 0. The van der Waals surface area contributed by atoms with E-state index in [9.17, 15) is 5.26 Å². The van der Waals surface area contributed by atoms with Crippen molar-refractivity contribution in [3.63, 3.8) is 0 Å². The Balaban J connectivity index is 2.86. The predicted octanol–water partition coefficient (Wildman–Crippen LogP) is 4.17. The molecule has 0 heterocycles. The number of rotatable bonds is 7. The molecule has 21 heavy (non-hydrogen) atoms. The van der Waals surface area contributed by atoms with E-state index in [0.717, 1.165) is 12.3 Å². The van der Waals surface area contributed by atoms with Crippen LogP contribution in [0.25, 0.3) is 0 Å². The molecule has 0 saturated carbocycles. The van der Waals surface area contributed by atoms with Crippen LogP contribution in [-0.4, -0.2) is 18.2 Å². The molecule has 2 atom stereocenters. The number of nitrogens with one attached hydrogen (secondary N) is 1. The Hall–Kier alpha value is -1.53. The van der Waals surface area contributed by atoms with Gasteiger partial charge in [0.1, 0.15) is 11.3 Å². The van der Waals surface area contributed by atoms with Crippen molar-refractivity contribution in [3.8, 4) is 11.8 Å². The molecule has 0 saturated heterocycles. The molecule has 3 heteroatoms. The Kier molecular flexibility index (Phi) is 6.23. The number of benzene rings is 1. The summed E-state index contributed by atoms with van der Waals surface area (Å²) in [5, 5.41) is 12.6. The predicted molar refractivity (Wildman–Crippen MR) is 87.7 cm³/mol. The van der Waals surface area contributed by atoms with Crippen LogP contribution in [0.15, 0.2) is 18.2 Å². The fourth-order valence-corrected chi connectivity index (χ4v) is 2.60. The molecule has 0 aliphatic carbocycles. The third kappa shape index (κ3) is 5.06. The molecule has 0 spiro atoms. The Bertz CT molecular complexity index is 504. The van der Waals surface area contributed by atoms with Gasteiger partial charge < -0.3 is 4.74 Å². The van der Waals surface area contributed by atoms with Gasteiger partial charge in [0.15, 0.2) is 0 Å². The van der Waals surface area contributed by atoms with Crippen LogP contribution in [0.4, 0.5) is 0 Å². The van der Waals surface area contributed by atoms with Gasteiger partial charge in [-0.25, -0.2) is 0 Å². The highest BCUT2D eigenvalue weighted by molar-refractivity contribution is 5.39. The van der Waals surface area contributed by atoms with Crippen molar-refractivity contribution in [1.29, 1.82) is 5.26 Å². The van der Waals surface area contributed by atoms with E-state index in [-0.39, 0.29) is 6.10 Å². The number of hydrogen-bond donors (Lipinski definition) is 1. The molecule has 0 radical (unpaired) electrons. The Morgan fingerprint density at radius 3 is 2.52 bits per heavy atom. The third-order valence-electron chi connectivity index (χ3n) is 3.63. The standard InChI is InChI=1S/C18H28N2O/c1-7-20-18(6,12-19)11-15(5)21-17-10-14(4)8-9-16(17)13(2)3/h8-10,13,15,20H,7,11H2,1-6H3. The topological polar surface area (TPSA) is 45.0 Å². The third-order valence-corrected chi connectivity index (χ3v) is 3.63. The van der Waals surface area contributed by atoms with Gasteiger partial charge in [0.2, 0.25) is 0 Å². The highest BCUT2D eigenvalue weighted by Crippen LogP contribution is 2.29. The zero-order valence-electron chi connectivity index (χ0n) is 14.2. The molecule has 2 unspecified atom stereocenters. The summed E-state index contributed by atoms with van der Waals surface area (Å²) in [7, 11) is 0. The van der Waals surface area contributed by atoms with E-state index in [1.165, 1.54) is 11.1 Å². The SMILES string of the molecule is CCNC(C)(C#N)CC(C)Oc1cc(C)ccc1C(C)C. The van der Waals surface area contributed by atoms with Crippen molar-refractivity contribution < 1.29 is 4.74 Å². The van der Waals surface area contributed by atoms with Crippen LogP contribution in [-0.2, 0) is 0 Å². The van der Waals surface area contributed by atoms with Crippen LogP contribution in [0.3, 0.4) is 0 Å². The summed E-state index contributed by atoms with van der Waals surface area (Å²) in [6.45, 7) is 13.1. The molecule has 0 fully saturated rings. The van der Waals surface area contributed by atoms with Crippen LogP contribution < -0.4 is 10.1 Å². The molecule has 0 bridgehead atoms. The number of nitriles is 1. The summed E-state index contributed by atoms with van der Waals surface area (Å²) in [5.41, 5.74) is 1.86. The lowest BCUT2D eigenvalue weighted by atomic mass is 9.96. The van der Waals surface area contributed by atoms with Crippen molar-refractivity contribution in [3.05, 3.63) is 29.3 Å². The van der Waals surface area contributed by atoms with Crippen LogP contribution in [0.2, 0.25) is 0 Å². The fraction of sp³-hybridized carbons (Fsp3) is 0.611. The summed E-state index contributed by atoms with van der Waals surface area (Å²) in [6.07, 6.45) is 0.635. The second-order valence-electron chi connectivity index (χ2n) is 6.30. The van der Waals surface area contributed by atoms with Crippen molar-refractivity contribution in [2.24, 2.45) is 0 Å². The summed E-state index contributed by atoms with van der Waals surface area (Å²) < 4.78 is 6.14. The van der Waals surface area contributed by atoms with Gasteiger partial charge in [0.05, 0.1) is 12.2 Å². The molecule has 1 aromatic rings. The largest absolute Gasteiger partial charge is 0.490 e.